The van der Waals surface area contributed by atoms with Crippen LogP contribution in [0.25, 0.3) is 11.4 Å². The van der Waals surface area contributed by atoms with Crippen molar-refractivity contribution in [2.24, 2.45) is 0 Å². The van der Waals surface area contributed by atoms with Crippen LogP contribution in [-0.4, -0.2) is 30.6 Å². The molecule has 4 rings (SSSR count). The molecule has 0 aliphatic carbocycles. The van der Waals surface area contributed by atoms with Crippen molar-refractivity contribution in [1.82, 2.24) is 24.7 Å². The first-order valence-electron chi connectivity index (χ1n) is 7.17. The van der Waals surface area contributed by atoms with Gasteiger partial charge in [0.1, 0.15) is 5.82 Å². The summed E-state index contributed by atoms with van der Waals surface area (Å²) in [7, 11) is 0. The molecule has 0 fully saturated rings. The van der Waals surface area contributed by atoms with Crippen LogP contribution in [0.2, 0.25) is 5.15 Å². The molecule has 116 valence electrons. The Morgan fingerprint density at radius 2 is 2.30 bits per heavy atom. The number of nitrogens with one attached hydrogen (secondary N) is 2. The maximum Gasteiger partial charge on any atom is 0.259 e. The Morgan fingerprint density at radius 1 is 1.43 bits per heavy atom. The predicted molar refractivity (Wildman–Crippen MR) is 85.4 cm³/mol. The van der Waals surface area contributed by atoms with Gasteiger partial charge in [-0.3, -0.25) is 4.79 Å². The van der Waals surface area contributed by atoms with Gasteiger partial charge in [-0.15, -0.1) is 10.2 Å². The Balaban J connectivity index is 1.70. The van der Waals surface area contributed by atoms with Crippen molar-refractivity contribution in [1.29, 1.82) is 0 Å². The van der Waals surface area contributed by atoms with Gasteiger partial charge in [-0.05, 0) is 19.1 Å². The third-order valence-electron chi connectivity index (χ3n) is 3.95. The zero-order chi connectivity index (χ0) is 16.0. The molecule has 0 saturated carbocycles. The number of fused-ring (bicyclic) bond motifs is 3. The van der Waals surface area contributed by atoms with E-state index in [4.69, 9.17) is 11.6 Å². The fourth-order valence-electron chi connectivity index (χ4n) is 2.88. The fourth-order valence-corrected chi connectivity index (χ4v) is 2.98. The smallest absolute Gasteiger partial charge is 0.259 e. The molecule has 0 saturated heterocycles. The Hall–Kier alpha value is -2.67. The van der Waals surface area contributed by atoms with Crippen molar-refractivity contribution in [3.05, 3.63) is 47.1 Å². The van der Waals surface area contributed by atoms with Gasteiger partial charge in [-0.2, -0.15) is 0 Å². The van der Waals surface area contributed by atoms with Crippen LogP contribution in [0.15, 0.2) is 30.7 Å². The summed E-state index contributed by atoms with van der Waals surface area (Å²) in [4.78, 5) is 20.2. The van der Waals surface area contributed by atoms with E-state index in [1.165, 1.54) is 0 Å². The summed E-state index contributed by atoms with van der Waals surface area (Å²) >= 11 is 5.70. The molecule has 23 heavy (non-hydrogen) atoms. The maximum absolute atomic E-state index is 12.6. The summed E-state index contributed by atoms with van der Waals surface area (Å²) in [6.07, 6.45) is 6.22. The highest BCUT2D eigenvalue weighted by atomic mass is 35.5. The highest BCUT2D eigenvalue weighted by Crippen LogP contribution is 2.35. The Labute approximate surface area is 136 Å². The van der Waals surface area contributed by atoms with Crippen LogP contribution in [0.3, 0.4) is 0 Å². The second-order valence-electron chi connectivity index (χ2n) is 5.46. The third kappa shape index (κ3) is 2.29. The summed E-state index contributed by atoms with van der Waals surface area (Å²) in [5.41, 5.74) is 2.40. The number of carbonyl (C=O) groups is 1. The third-order valence-corrected chi connectivity index (χ3v) is 4.15. The second-order valence-corrected chi connectivity index (χ2v) is 5.85. The standard InChI is InChI=1S/C15H13ClN6O/c1-8-6-10-13(14-17-4-5-22(8)14)9(7-18-10)15(23)19-12-3-2-11(16)20-21-12/h2-5,7-8,18H,6H2,1H3,(H,19,21,23)/t8-/m1/s1. The van der Waals surface area contributed by atoms with Gasteiger partial charge in [0.15, 0.2) is 11.0 Å². The van der Waals surface area contributed by atoms with E-state index < -0.39 is 0 Å². The van der Waals surface area contributed by atoms with Crippen LogP contribution in [-0.2, 0) is 6.42 Å². The number of halogens is 1. The average Bonchev–Trinajstić information content (AvgIpc) is 3.15. The number of nitrogens with zero attached hydrogens (tertiary/aromatic N) is 4. The molecule has 0 radical (unpaired) electrons. The minimum atomic E-state index is -0.261. The zero-order valence-electron chi connectivity index (χ0n) is 12.2. The molecule has 0 bridgehead atoms. The van der Waals surface area contributed by atoms with Gasteiger partial charge in [-0.1, -0.05) is 11.6 Å². The molecular formula is C15H13ClN6O. The molecule has 0 aromatic carbocycles. The molecule has 1 atom stereocenters. The van der Waals surface area contributed by atoms with E-state index in [2.05, 4.69) is 37.0 Å². The van der Waals surface area contributed by atoms with Crippen LogP contribution in [0.5, 0.6) is 0 Å². The number of amides is 1. The molecule has 1 aliphatic heterocycles. The Morgan fingerprint density at radius 3 is 3.09 bits per heavy atom. The minimum Gasteiger partial charge on any atom is -0.364 e. The van der Waals surface area contributed by atoms with Gasteiger partial charge < -0.3 is 14.9 Å². The lowest BCUT2D eigenvalue weighted by atomic mass is 10.0. The molecule has 7 nitrogen and oxygen atoms in total. The van der Waals surface area contributed by atoms with Gasteiger partial charge in [-0.25, -0.2) is 4.98 Å². The maximum atomic E-state index is 12.6. The lowest BCUT2D eigenvalue weighted by Crippen LogP contribution is -2.18. The Bertz CT molecular complexity index is 882. The monoisotopic (exact) mass is 328 g/mol. The second kappa shape index (κ2) is 5.20. The Kier molecular flexibility index (Phi) is 3.16. The van der Waals surface area contributed by atoms with Crippen molar-refractivity contribution in [2.45, 2.75) is 19.4 Å². The molecule has 3 aromatic rings. The molecule has 4 heterocycles. The molecule has 1 aliphatic rings. The van der Waals surface area contributed by atoms with Gasteiger partial charge >= 0.3 is 0 Å². The number of H-pyrrole nitrogens is 1. The predicted octanol–water partition coefficient (Wildman–Crippen LogP) is 2.69. The minimum absolute atomic E-state index is 0.261. The van der Waals surface area contributed by atoms with Crippen LogP contribution in [0.1, 0.15) is 29.0 Å². The van der Waals surface area contributed by atoms with E-state index in [-0.39, 0.29) is 11.1 Å². The summed E-state index contributed by atoms with van der Waals surface area (Å²) in [5.74, 6) is 0.887. The lowest BCUT2D eigenvalue weighted by Gasteiger charge is -2.22. The van der Waals surface area contributed by atoms with Crippen LogP contribution in [0.4, 0.5) is 5.82 Å². The number of imidazole rings is 1. The zero-order valence-corrected chi connectivity index (χ0v) is 13.0. The van der Waals surface area contributed by atoms with Crippen LogP contribution in [0, 0.1) is 0 Å². The fraction of sp³-hybridized carbons (Fsp3) is 0.200. The normalized spacial score (nSPS) is 15.8. The average molecular weight is 329 g/mol. The number of aromatic amines is 1. The van der Waals surface area contributed by atoms with Crippen molar-refractivity contribution in [3.8, 4) is 11.4 Å². The first-order valence-corrected chi connectivity index (χ1v) is 7.55. The molecule has 0 unspecified atom stereocenters. The van der Waals surface area contributed by atoms with E-state index in [1.807, 2.05) is 6.20 Å². The quantitative estimate of drug-likeness (QED) is 0.757. The number of carbonyl (C=O) groups excluding carboxylic acids is 1. The number of anilines is 1. The molecule has 1 amide bonds. The van der Waals surface area contributed by atoms with Crippen molar-refractivity contribution in [3.63, 3.8) is 0 Å². The molecular weight excluding hydrogens is 316 g/mol. The number of hydrogen-bond donors (Lipinski definition) is 2. The molecule has 0 spiro atoms. The van der Waals surface area contributed by atoms with E-state index in [0.717, 1.165) is 23.5 Å². The first kappa shape index (κ1) is 14.0. The molecule has 8 heteroatoms. The van der Waals surface area contributed by atoms with Crippen LogP contribution < -0.4 is 5.32 Å². The van der Waals surface area contributed by atoms with Gasteiger partial charge in [0.25, 0.3) is 5.91 Å². The summed E-state index contributed by atoms with van der Waals surface area (Å²) in [6.45, 7) is 2.12. The molecule has 2 N–H and O–H groups in total. The number of rotatable bonds is 2. The van der Waals surface area contributed by atoms with Crippen molar-refractivity contribution >= 4 is 23.3 Å². The summed E-state index contributed by atoms with van der Waals surface area (Å²) in [5, 5.41) is 10.6. The van der Waals surface area contributed by atoms with Gasteiger partial charge in [0.2, 0.25) is 0 Å². The highest BCUT2D eigenvalue weighted by Gasteiger charge is 2.28. The highest BCUT2D eigenvalue weighted by molar-refractivity contribution is 6.29. The number of hydrogen-bond acceptors (Lipinski definition) is 4. The first-order chi connectivity index (χ1) is 11.1. The van der Waals surface area contributed by atoms with E-state index in [9.17, 15) is 4.79 Å². The van der Waals surface area contributed by atoms with E-state index >= 15 is 0 Å². The van der Waals surface area contributed by atoms with Crippen molar-refractivity contribution in [2.75, 3.05) is 5.32 Å². The van der Waals surface area contributed by atoms with Crippen LogP contribution >= 0.6 is 11.6 Å². The molecule has 3 aromatic heterocycles. The van der Waals surface area contributed by atoms with E-state index in [1.54, 1.807) is 24.5 Å². The van der Waals surface area contributed by atoms with Crippen molar-refractivity contribution < 1.29 is 4.79 Å². The lowest BCUT2D eigenvalue weighted by molar-refractivity contribution is 0.102. The van der Waals surface area contributed by atoms with E-state index in [0.29, 0.717) is 17.4 Å². The van der Waals surface area contributed by atoms with Gasteiger partial charge in [0, 0.05) is 36.7 Å². The summed E-state index contributed by atoms with van der Waals surface area (Å²) in [6, 6.07) is 3.48. The topological polar surface area (TPSA) is 88.5 Å². The summed E-state index contributed by atoms with van der Waals surface area (Å²) < 4.78 is 2.08. The number of aromatic nitrogens is 5. The SMILES string of the molecule is C[C@@H]1Cc2[nH]cc(C(=O)Nc3ccc(Cl)nn3)c2-c2nccn21. The van der Waals surface area contributed by atoms with Gasteiger partial charge in [0.05, 0.1) is 11.1 Å². The largest absolute Gasteiger partial charge is 0.364 e.